The quantitative estimate of drug-likeness (QED) is 0.465. The topological polar surface area (TPSA) is 30.3 Å². The fourth-order valence-corrected chi connectivity index (χ4v) is 3.10. The Bertz CT molecular complexity index is 251. The summed E-state index contributed by atoms with van der Waals surface area (Å²) >= 11 is 0. The van der Waals surface area contributed by atoms with Gasteiger partial charge in [-0.2, -0.15) is 4.59 Å². The minimum atomic E-state index is 0.738. The van der Waals surface area contributed by atoms with E-state index in [9.17, 15) is 0 Å². The molecule has 1 saturated heterocycles. The average Bonchev–Trinajstić information content (AvgIpc) is 2.43. The van der Waals surface area contributed by atoms with Gasteiger partial charge < -0.3 is 4.90 Å². The first-order valence-electron chi connectivity index (χ1n) is 7.62. The van der Waals surface area contributed by atoms with Gasteiger partial charge in [0.1, 0.15) is 13.1 Å². The number of nitrogens with zero attached hydrogens (tertiary/aromatic N) is 3. The Hall–Kier alpha value is -0.610. The molecule has 0 bridgehead atoms. The van der Waals surface area contributed by atoms with Crippen LogP contribution in [-0.2, 0) is 0 Å². The molecule has 0 spiro atoms. The van der Waals surface area contributed by atoms with Gasteiger partial charge >= 0.3 is 5.96 Å². The minimum Gasteiger partial charge on any atom is -0.310 e. The molecule has 0 radical (unpaired) electrons. The Kier molecular flexibility index (Phi) is 6.09. The van der Waals surface area contributed by atoms with Crippen LogP contribution in [0.15, 0.2) is 0 Å². The smallest absolute Gasteiger partial charge is 0.310 e. The number of piperidine rings is 1. The molecule has 0 aliphatic carbocycles. The van der Waals surface area contributed by atoms with Crippen molar-refractivity contribution in [1.29, 1.82) is 5.41 Å². The molecule has 1 fully saturated rings. The Morgan fingerprint density at radius 3 is 1.89 bits per heavy atom. The van der Waals surface area contributed by atoms with Crippen molar-refractivity contribution in [2.75, 3.05) is 39.3 Å². The molecule has 0 aromatic rings. The number of rotatable bonds is 5. The summed E-state index contributed by atoms with van der Waals surface area (Å²) < 4.78 is 0.738. The van der Waals surface area contributed by atoms with Crippen LogP contribution in [-0.4, -0.2) is 59.7 Å². The van der Waals surface area contributed by atoms with Crippen molar-refractivity contribution < 1.29 is 4.59 Å². The van der Waals surface area contributed by atoms with Crippen molar-refractivity contribution >= 4 is 5.96 Å². The van der Waals surface area contributed by atoms with Gasteiger partial charge in [0.15, 0.2) is 0 Å². The number of hydrogen-bond acceptors (Lipinski definition) is 2. The third-order valence-corrected chi connectivity index (χ3v) is 4.38. The number of nitrogens with one attached hydrogen (secondary N) is 1. The first-order chi connectivity index (χ1) is 8.66. The molecule has 1 heterocycles. The number of guanidine groups is 1. The molecule has 0 amide bonds. The average molecular weight is 255 g/mol. The molecule has 1 aliphatic rings. The highest BCUT2D eigenvalue weighted by molar-refractivity contribution is 5.69. The SMILES string of the molecule is CCN(CC)C(=N)[N+](CC)(CC)N1CCCCC1. The van der Waals surface area contributed by atoms with Crippen LogP contribution >= 0.6 is 0 Å². The van der Waals surface area contributed by atoms with Gasteiger partial charge in [0, 0.05) is 26.2 Å². The lowest BCUT2D eigenvalue weighted by Crippen LogP contribution is -2.68. The van der Waals surface area contributed by atoms with E-state index in [1.165, 1.54) is 19.3 Å². The first-order valence-corrected chi connectivity index (χ1v) is 7.62. The van der Waals surface area contributed by atoms with Crippen LogP contribution in [0.1, 0.15) is 47.0 Å². The number of quaternary nitrogens is 1. The summed E-state index contributed by atoms with van der Waals surface area (Å²) in [6, 6.07) is 0. The highest BCUT2D eigenvalue weighted by atomic mass is 15.8. The Balaban J connectivity index is 2.93. The van der Waals surface area contributed by atoms with E-state index >= 15 is 0 Å². The summed E-state index contributed by atoms with van der Waals surface area (Å²) in [6.07, 6.45) is 3.92. The second-order valence-electron chi connectivity index (χ2n) is 5.07. The Morgan fingerprint density at radius 2 is 1.50 bits per heavy atom. The lowest BCUT2D eigenvalue weighted by atomic mass is 10.1. The summed E-state index contributed by atoms with van der Waals surface area (Å²) in [4.78, 5) is 2.20. The summed E-state index contributed by atoms with van der Waals surface area (Å²) in [5.74, 6) is 0.784. The van der Waals surface area contributed by atoms with Crippen LogP contribution in [0, 0.1) is 5.41 Å². The van der Waals surface area contributed by atoms with Crippen LogP contribution in [0.5, 0.6) is 0 Å². The maximum absolute atomic E-state index is 8.64. The van der Waals surface area contributed by atoms with Crippen LogP contribution < -0.4 is 0 Å². The van der Waals surface area contributed by atoms with E-state index in [0.29, 0.717) is 0 Å². The van der Waals surface area contributed by atoms with Gasteiger partial charge in [0.2, 0.25) is 0 Å². The molecular formula is C14H31N4+. The van der Waals surface area contributed by atoms with Crippen molar-refractivity contribution in [3.05, 3.63) is 0 Å². The third kappa shape index (κ3) is 2.86. The fraction of sp³-hybridized carbons (Fsp3) is 0.929. The molecule has 0 unspecified atom stereocenters. The largest absolute Gasteiger partial charge is 0.317 e. The predicted octanol–water partition coefficient (Wildman–Crippen LogP) is 2.52. The van der Waals surface area contributed by atoms with Crippen molar-refractivity contribution in [2.45, 2.75) is 47.0 Å². The molecule has 1 aliphatic heterocycles. The van der Waals surface area contributed by atoms with Crippen molar-refractivity contribution in [3.63, 3.8) is 0 Å². The zero-order chi connectivity index (χ0) is 13.6. The minimum absolute atomic E-state index is 0.738. The maximum Gasteiger partial charge on any atom is 0.317 e. The van der Waals surface area contributed by atoms with E-state index in [1.54, 1.807) is 0 Å². The molecule has 1 rings (SSSR count). The van der Waals surface area contributed by atoms with Gasteiger partial charge in [-0.1, -0.05) is 6.42 Å². The molecule has 0 saturated carbocycles. The van der Waals surface area contributed by atoms with Crippen LogP contribution in [0.4, 0.5) is 0 Å². The van der Waals surface area contributed by atoms with E-state index in [1.807, 2.05) is 0 Å². The molecule has 4 heteroatoms. The summed E-state index contributed by atoms with van der Waals surface area (Å²) in [5.41, 5.74) is 0. The summed E-state index contributed by atoms with van der Waals surface area (Å²) in [7, 11) is 0. The van der Waals surface area contributed by atoms with E-state index in [0.717, 1.165) is 49.8 Å². The second-order valence-corrected chi connectivity index (χ2v) is 5.07. The van der Waals surface area contributed by atoms with Gasteiger partial charge in [-0.3, -0.25) is 0 Å². The van der Waals surface area contributed by atoms with E-state index in [2.05, 4.69) is 37.6 Å². The molecule has 1 N–H and O–H groups in total. The fourth-order valence-electron chi connectivity index (χ4n) is 3.10. The molecular weight excluding hydrogens is 224 g/mol. The van der Waals surface area contributed by atoms with Gasteiger partial charge in [-0.15, -0.1) is 5.01 Å². The predicted molar refractivity (Wildman–Crippen MR) is 77.4 cm³/mol. The van der Waals surface area contributed by atoms with Gasteiger partial charge in [-0.25, -0.2) is 5.41 Å². The van der Waals surface area contributed by atoms with Crippen molar-refractivity contribution in [2.24, 2.45) is 0 Å². The van der Waals surface area contributed by atoms with Crippen molar-refractivity contribution in [3.8, 4) is 0 Å². The van der Waals surface area contributed by atoms with Crippen LogP contribution in [0.2, 0.25) is 0 Å². The van der Waals surface area contributed by atoms with Crippen LogP contribution in [0.3, 0.4) is 0 Å². The monoisotopic (exact) mass is 255 g/mol. The van der Waals surface area contributed by atoms with Gasteiger partial charge in [-0.05, 0) is 40.5 Å². The molecule has 106 valence electrons. The second kappa shape index (κ2) is 7.10. The van der Waals surface area contributed by atoms with Gasteiger partial charge in [0.25, 0.3) is 0 Å². The molecule has 0 atom stereocenters. The molecule has 0 aromatic carbocycles. The highest BCUT2D eigenvalue weighted by Gasteiger charge is 2.40. The van der Waals surface area contributed by atoms with Crippen molar-refractivity contribution in [1.82, 2.24) is 9.91 Å². The third-order valence-electron chi connectivity index (χ3n) is 4.38. The standard InChI is InChI=1S/C14H31N4/c1-5-16(6-2)14(15)18(7-3,8-4)17-12-10-9-11-13-17/h15H,5-13H2,1-4H3/q+1. The lowest BCUT2D eigenvalue weighted by Gasteiger charge is -2.47. The summed E-state index contributed by atoms with van der Waals surface area (Å²) in [5, 5.41) is 11.2. The zero-order valence-corrected chi connectivity index (χ0v) is 12.7. The zero-order valence-electron chi connectivity index (χ0n) is 12.7. The lowest BCUT2D eigenvalue weighted by molar-refractivity contribution is -0.962. The molecule has 18 heavy (non-hydrogen) atoms. The van der Waals surface area contributed by atoms with Gasteiger partial charge in [0.05, 0.1) is 0 Å². The molecule has 0 aromatic heterocycles. The number of hydrogen-bond donors (Lipinski definition) is 1. The first kappa shape index (κ1) is 15.4. The van der Waals surface area contributed by atoms with E-state index < -0.39 is 0 Å². The van der Waals surface area contributed by atoms with E-state index in [4.69, 9.17) is 5.41 Å². The van der Waals surface area contributed by atoms with E-state index in [-0.39, 0.29) is 0 Å². The van der Waals surface area contributed by atoms with Crippen LogP contribution in [0.25, 0.3) is 0 Å². The Morgan fingerprint density at radius 1 is 1.00 bits per heavy atom. The Labute approximate surface area is 113 Å². The normalized spacial score (nSPS) is 17.8. The highest BCUT2D eigenvalue weighted by Crippen LogP contribution is 2.21. The molecule has 4 nitrogen and oxygen atoms in total. The maximum atomic E-state index is 8.64. The summed E-state index contributed by atoms with van der Waals surface area (Å²) in [6.45, 7) is 14.9.